The number of alkyl halides is 13. The molecular weight excluding hydrogens is 656 g/mol. The molecule has 37 heavy (non-hydrogen) atoms. The van der Waals surface area contributed by atoms with Crippen molar-refractivity contribution >= 4 is 35.2 Å². The lowest BCUT2D eigenvalue weighted by Gasteiger charge is -2.38. The Labute approximate surface area is 213 Å². The summed E-state index contributed by atoms with van der Waals surface area (Å²) in [6, 6.07) is 3.37. The van der Waals surface area contributed by atoms with E-state index in [0.29, 0.717) is 30.0 Å². The molecule has 0 amide bonds. The van der Waals surface area contributed by atoms with E-state index in [1.165, 1.54) is 0 Å². The van der Waals surface area contributed by atoms with Gasteiger partial charge in [-0.3, -0.25) is 4.67 Å². The highest BCUT2D eigenvalue weighted by Crippen LogP contribution is 2.61. The molecule has 0 aliphatic carbocycles. The van der Waals surface area contributed by atoms with Crippen LogP contribution in [0.4, 0.5) is 57.1 Å². The summed E-state index contributed by atoms with van der Waals surface area (Å²) < 4.78 is 200. The summed E-state index contributed by atoms with van der Waals surface area (Å²) in [7, 11) is -4.64. The average molecular weight is 674 g/mol. The highest BCUT2D eigenvalue weighted by atomic mass is 79.9. The van der Waals surface area contributed by atoms with E-state index in [1.54, 1.807) is 14.1 Å². The summed E-state index contributed by atoms with van der Waals surface area (Å²) in [5.41, 5.74) is 0.457. The number of nitrogens with zero attached hydrogens (tertiary/aromatic N) is 1. The third kappa shape index (κ3) is 6.24. The summed E-state index contributed by atoms with van der Waals surface area (Å²) in [6.07, 6.45) is -6.55. The molecule has 0 N–H and O–H groups in total. The minimum Gasteiger partial charge on any atom is -0.378 e. The van der Waals surface area contributed by atoms with Gasteiger partial charge in [-0.05, 0) is 46.0 Å². The van der Waals surface area contributed by atoms with Crippen molar-refractivity contribution in [1.82, 2.24) is 4.67 Å². The molecule has 0 radical (unpaired) electrons. The van der Waals surface area contributed by atoms with Crippen LogP contribution in [-0.4, -0.2) is 68.5 Å². The largest absolute Gasteiger partial charge is 0.460 e. The molecule has 4 nitrogen and oxygen atoms in total. The van der Waals surface area contributed by atoms with Gasteiger partial charge >= 0.3 is 45.2 Å². The van der Waals surface area contributed by atoms with Crippen molar-refractivity contribution in [1.29, 1.82) is 0 Å². The van der Waals surface area contributed by atoms with Crippen molar-refractivity contribution in [3.8, 4) is 5.75 Å². The standard InChI is InChI=1S/C17H17F13NO3PS.BrH/c1-4-35(31(2)3)9-10-5-7-11(8-6-10)34-36(32,33)17(29,30)15(24,25)13(20,21)12(18,19)14(22,23)16(26,27)28;/h5-8H,4,9H2,1-3H3;1H. The molecule has 1 atom stereocenters. The molecule has 0 fully saturated rings. The van der Waals surface area contributed by atoms with Crippen LogP contribution in [-0.2, 0) is 16.3 Å². The number of hydrogen-bond acceptors (Lipinski definition) is 4. The predicted molar refractivity (Wildman–Crippen MR) is 112 cm³/mol. The van der Waals surface area contributed by atoms with E-state index >= 15 is 0 Å². The maximum absolute atomic E-state index is 14.0. The molecule has 0 heterocycles. The van der Waals surface area contributed by atoms with Crippen molar-refractivity contribution in [2.75, 3.05) is 20.3 Å². The fourth-order valence-corrected chi connectivity index (χ4v) is 5.10. The maximum Gasteiger partial charge on any atom is 0.460 e. The molecule has 20 heteroatoms. The molecule has 0 aliphatic heterocycles. The van der Waals surface area contributed by atoms with Crippen molar-refractivity contribution < 1.29 is 69.7 Å². The fraction of sp³-hybridized carbons (Fsp3) is 0.647. The normalized spacial score (nSPS) is 15.4. The van der Waals surface area contributed by atoms with Crippen LogP contribution in [0, 0.1) is 0 Å². The number of hydrogen-bond donors (Lipinski definition) is 0. The lowest BCUT2D eigenvalue weighted by atomic mass is 9.98. The van der Waals surface area contributed by atoms with Crippen LogP contribution in [0.3, 0.4) is 0 Å². The first-order valence-electron chi connectivity index (χ1n) is 9.22. The highest BCUT2D eigenvalue weighted by Gasteiger charge is 2.93. The molecule has 0 saturated heterocycles. The average Bonchev–Trinajstić information content (AvgIpc) is 2.71. The van der Waals surface area contributed by atoms with Gasteiger partial charge < -0.3 is 4.18 Å². The van der Waals surface area contributed by atoms with Gasteiger partial charge in [0, 0.05) is 6.16 Å². The zero-order valence-corrected chi connectivity index (χ0v) is 22.0. The van der Waals surface area contributed by atoms with Crippen LogP contribution < -0.4 is 4.18 Å². The Morgan fingerprint density at radius 3 is 1.51 bits per heavy atom. The summed E-state index contributed by atoms with van der Waals surface area (Å²) in [6.45, 7) is 1.84. The molecule has 0 aliphatic rings. The molecule has 0 bridgehead atoms. The molecule has 0 saturated carbocycles. The Hall–Kier alpha value is -1.07. The van der Waals surface area contributed by atoms with E-state index in [0.717, 1.165) is 12.1 Å². The van der Waals surface area contributed by atoms with Crippen LogP contribution in [0.25, 0.3) is 0 Å². The molecule has 1 rings (SSSR count). The Morgan fingerprint density at radius 1 is 0.757 bits per heavy atom. The van der Waals surface area contributed by atoms with Crippen molar-refractivity contribution in [2.45, 2.75) is 48.2 Å². The van der Waals surface area contributed by atoms with E-state index in [4.69, 9.17) is 0 Å². The predicted octanol–water partition coefficient (Wildman–Crippen LogP) is 7.15. The zero-order chi connectivity index (χ0) is 28.8. The Morgan fingerprint density at radius 2 is 1.16 bits per heavy atom. The van der Waals surface area contributed by atoms with Crippen molar-refractivity contribution in [3.05, 3.63) is 29.8 Å². The summed E-state index contributed by atoms with van der Waals surface area (Å²) in [5, 5.41) is -7.41. The van der Waals surface area contributed by atoms with Crippen LogP contribution in [0.2, 0.25) is 0 Å². The Bertz CT molecular complexity index is 1020. The third-order valence-corrected chi connectivity index (χ3v) is 8.53. The topological polar surface area (TPSA) is 46.6 Å². The van der Waals surface area contributed by atoms with Crippen LogP contribution in [0.1, 0.15) is 12.5 Å². The Kier molecular flexibility index (Phi) is 10.9. The quantitative estimate of drug-likeness (QED) is 0.142. The van der Waals surface area contributed by atoms with Gasteiger partial charge in [0.15, 0.2) is 0 Å². The van der Waals surface area contributed by atoms with Gasteiger partial charge in [0.1, 0.15) is 5.75 Å². The first-order valence-corrected chi connectivity index (χ1v) is 12.3. The summed E-state index contributed by atoms with van der Waals surface area (Å²) >= 11 is 0. The van der Waals surface area contributed by atoms with Gasteiger partial charge in [-0.25, -0.2) is 0 Å². The molecule has 0 aromatic heterocycles. The van der Waals surface area contributed by atoms with Gasteiger partial charge in [-0.2, -0.15) is 65.5 Å². The highest BCUT2D eigenvalue weighted by molar-refractivity contribution is 8.93. The SMILES string of the molecule is Br.CCP(Cc1ccc(OS(=O)(=O)C(F)(F)C(F)(F)C(F)(F)C(F)(F)C(F)(F)C(F)(F)F)cc1)N(C)C. The Balaban J connectivity index is 0.0000130. The van der Waals surface area contributed by atoms with Gasteiger partial charge in [0.2, 0.25) is 0 Å². The van der Waals surface area contributed by atoms with Crippen LogP contribution >= 0.6 is 25.1 Å². The van der Waals surface area contributed by atoms with Gasteiger partial charge in [-0.15, -0.1) is 17.0 Å². The van der Waals surface area contributed by atoms with Gasteiger partial charge in [-0.1, -0.05) is 19.1 Å². The minimum absolute atomic E-state index is 0. The molecule has 0 spiro atoms. The van der Waals surface area contributed by atoms with E-state index in [-0.39, 0.29) is 17.0 Å². The van der Waals surface area contributed by atoms with E-state index in [9.17, 15) is 65.5 Å². The smallest absolute Gasteiger partial charge is 0.378 e. The first kappa shape index (κ1) is 35.9. The molecular formula is C17H18BrF13NO3PS. The second kappa shape index (κ2) is 11.2. The fourth-order valence-electron chi connectivity index (χ4n) is 2.49. The van der Waals surface area contributed by atoms with Crippen molar-refractivity contribution in [2.24, 2.45) is 0 Å². The molecule has 1 unspecified atom stereocenters. The van der Waals surface area contributed by atoms with E-state index in [2.05, 4.69) is 4.18 Å². The molecule has 1 aromatic rings. The minimum atomic E-state index is -8.24. The zero-order valence-electron chi connectivity index (χ0n) is 18.6. The van der Waals surface area contributed by atoms with Crippen LogP contribution in [0.5, 0.6) is 5.75 Å². The first-order chi connectivity index (χ1) is 15.8. The molecule has 1 aromatic carbocycles. The van der Waals surface area contributed by atoms with Crippen LogP contribution in [0.15, 0.2) is 24.3 Å². The lowest BCUT2D eigenvalue weighted by molar-refractivity contribution is -0.433. The monoisotopic (exact) mass is 673 g/mol. The van der Waals surface area contributed by atoms with E-state index in [1.807, 2.05) is 11.6 Å². The van der Waals surface area contributed by atoms with Gasteiger partial charge in [0.05, 0.1) is 0 Å². The van der Waals surface area contributed by atoms with E-state index < -0.39 is 59.1 Å². The lowest BCUT2D eigenvalue weighted by Crippen LogP contribution is -2.71. The van der Waals surface area contributed by atoms with Gasteiger partial charge in [0.25, 0.3) is 0 Å². The molecule has 218 valence electrons. The summed E-state index contributed by atoms with van der Waals surface area (Å²) in [4.78, 5) is 0. The van der Waals surface area contributed by atoms with Crippen molar-refractivity contribution in [3.63, 3.8) is 0 Å². The maximum atomic E-state index is 14.0. The number of benzene rings is 1. The second-order valence-electron chi connectivity index (χ2n) is 7.32. The third-order valence-electron chi connectivity index (χ3n) is 4.64. The second-order valence-corrected chi connectivity index (χ2v) is 11.7. The number of halogens is 14. The summed E-state index contributed by atoms with van der Waals surface area (Å²) in [5.74, 6) is -33.6. The number of rotatable bonds is 11.